The standard InChI is InChI=1S/C17H21Cl2FN2O3/c18-13-8-14(19)15(20)7-12(13)16-9-22(5-6-25-16)17(24)21-10-1-3-11(23)4-2-10/h7-8,10-11,16,23H,1-6,9H2,(H,21,24). The minimum absolute atomic E-state index is 0.0429. The molecule has 1 heterocycles. The van der Waals surface area contributed by atoms with Crippen LogP contribution in [-0.4, -0.2) is 47.9 Å². The van der Waals surface area contributed by atoms with Crippen LogP contribution in [0.5, 0.6) is 0 Å². The van der Waals surface area contributed by atoms with E-state index in [1.54, 1.807) is 4.90 Å². The van der Waals surface area contributed by atoms with E-state index >= 15 is 0 Å². The Morgan fingerprint density at radius 3 is 2.68 bits per heavy atom. The molecule has 3 rings (SSSR count). The van der Waals surface area contributed by atoms with Gasteiger partial charge in [0.1, 0.15) is 11.9 Å². The highest BCUT2D eigenvalue weighted by Gasteiger charge is 2.29. The molecule has 0 bridgehead atoms. The number of carbonyl (C=O) groups is 1. The molecule has 2 aliphatic rings. The van der Waals surface area contributed by atoms with Gasteiger partial charge in [0.05, 0.1) is 24.3 Å². The molecule has 1 unspecified atom stereocenters. The third-order valence-electron chi connectivity index (χ3n) is 4.76. The van der Waals surface area contributed by atoms with Gasteiger partial charge in [-0.3, -0.25) is 0 Å². The van der Waals surface area contributed by atoms with Crippen LogP contribution in [0.15, 0.2) is 12.1 Å². The molecule has 0 aromatic heterocycles. The van der Waals surface area contributed by atoms with Crippen molar-refractivity contribution in [2.24, 2.45) is 0 Å². The van der Waals surface area contributed by atoms with Crippen LogP contribution in [0.4, 0.5) is 9.18 Å². The third kappa shape index (κ3) is 4.56. The molecule has 0 spiro atoms. The zero-order chi connectivity index (χ0) is 18.0. The zero-order valence-corrected chi connectivity index (χ0v) is 15.2. The highest BCUT2D eigenvalue weighted by atomic mass is 35.5. The van der Waals surface area contributed by atoms with Gasteiger partial charge in [0.15, 0.2) is 0 Å². The summed E-state index contributed by atoms with van der Waals surface area (Å²) < 4.78 is 19.4. The predicted molar refractivity (Wildman–Crippen MR) is 93.5 cm³/mol. The predicted octanol–water partition coefficient (Wildman–Crippen LogP) is 3.52. The number of urea groups is 1. The average molecular weight is 391 g/mol. The summed E-state index contributed by atoms with van der Waals surface area (Å²) in [6.07, 6.45) is 2.20. The number of nitrogens with one attached hydrogen (secondary N) is 1. The van der Waals surface area contributed by atoms with Crippen LogP contribution < -0.4 is 5.32 Å². The zero-order valence-electron chi connectivity index (χ0n) is 13.7. The summed E-state index contributed by atoms with van der Waals surface area (Å²) in [7, 11) is 0. The number of halogens is 3. The van der Waals surface area contributed by atoms with Crippen molar-refractivity contribution in [1.29, 1.82) is 0 Å². The van der Waals surface area contributed by atoms with Crippen LogP contribution in [0, 0.1) is 5.82 Å². The fraction of sp³-hybridized carbons (Fsp3) is 0.588. The second kappa shape index (κ2) is 8.08. The topological polar surface area (TPSA) is 61.8 Å². The van der Waals surface area contributed by atoms with Crippen LogP contribution >= 0.6 is 23.2 Å². The second-order valence-corrected chi connectivity index (χ2v) is 7.36. The fourth-order valence-electron chi connectivity index (χ4n) is 3.29. The fourth-order valence-corrected chi connectivity index (χ4v) is 3.80. The number of amides is 2. The molecule has 2 fully saturated rings. The van der Waals surface area contributed by atoms with E-state index in [9.17, 15) is 14.3 Å². The van der Waals surface area contributed by atoms with E-state index in [1.807, 2.05) is 0 Å². The van der Waals surface area contributed by atoms with Crippen molar-refractivity contribution in [3.05, 3.63) is 33.6 Å². The molecule has 1 atom stereocenters. The van der Waals surface area contributed by atoms with E-state index in [2.05, 4.69) is 5.32 Å². The van der Waals surface area contributed by atoms with Crippen molar-refractivity contribution in [1.82, 2.24) is 10.2 Å². The first-order valence-corrected chi connectivity index (χ1v) is 9.19. The molecule has 8 heteroatoms. The van der Waals surface area contributed by atoms with Gasteiger partial charge in [-0.25, -0.2) is 9.18 Å². The number of hydrogen-bond donors (Lipinski definition) is 2. The Hall–Kier alpha value is -1.08. The van der Waals surface area contributed by atoms with Gasteiger partial charge in [-0.15, -0.1) is 0 Å². The number of morpholine rings is 1. The minimum atomic E-state index is -0.563. The quantitative estimate of drug-likeness (QED) is 0.759. The van der Waals surface area contributed by atoms with Gasteiger partial charge >= 0.3 is 6.03 Å². The molecule has 1 saturated carbocycles. The van der Waals surface area contributed by atoms with Crippen molar-refractivity contribution in [3.63, 3.8) is 0 Å². The van der Waals surface area contributed by atoms with Crippen molar-refractivity contribution < 1.29 is 19.0 Å². The van der Waals surface area contributed by atoms with Gasteiger partial charge in [-0.1, -0.05) is 23.2 Å². The SMILES string of the molecule is O=C(NC1CCC(O)CC1)N1CCOC(c2cc(F)c(Cl)cc2Cl)C1. The lowest BCUT2D eigenvalue weighted by molar-refractivity contribution is -0.0162. The van der Waals surface area contributed by atoms with Crippen LogP contribution in [0.3, 0.4) is 0 Å². The second-order valence-electron chi connectivity index (χ2n) is 6.55. The maximum Gasteiger partial charge on any atom is 0.317 e. The summed E-state index contributed by atoms with van der Waals surface area (Å²) >= 11 is 11.9. The first kappa shape index (κ1) is 18.7. The van der Waals surface area contributed by atoms with E-state index in [0.717, 1.165) is 12.8 Å². The molecule has 25 heavy (non-hydrogen) atoms. The number of carbonyl (C=O) groups excluding carboxylic acids is 1. The van der Waals surface area contributed by atoms with E-state index in [4.69, 9.17) is 27.9 Å². The summed E-state index contributed by atoms with van der Waals surface area (Å²) in [6, 6.07) is 2.52. The van der Waals surface area contributed by atoms with E-state index in [0.29, 0.717) is 43.1 Å². The summed E-state index contributed by atoms with van der Waals surface area (Å²) in [5.74, 6) is -0.563. The van der Waals surface area contributed by atoms with Crippen LogP contribution in [0.1, 0.15) is 37.4 Å². The van der Waals surface area contributed by atoms with E-state index in [-0.39, 0.29) is 23.2 Å². The van der Waals surface area contributed by atoms with Gasteiger partial charge in [-0.2, -0.15) is 0 Å². The Balaban J connectivity index is 1.63. The molecule has 138 valence electrons. The summed E-state index contributed by atoms with van der Waals surface area (Å²) in [5, 5.41) is 12.8. The molecule has 1 aliphatic heterocycles. The van der Waals surface area contributed by atoms with Gasteiger partial charge in [0.25, 0.3) is 0 Å². The van der Waals surface area contributed by atoms with Gasteiger partial charge in [0.2, 0.25) is 0 Å². The monoisotopic (exact) mass is 390 g/mol. The number of hydrogen-bond acceptors (Lipinski definition) is 3. The normalized spacial score (nSPS) is 27.2. The lowest BCUT2D eigenvalue weighted by atomic mass is 9.93. The van der Waals surface area contributed by atoms with Gasteiger partial charge in [-0.05, 0) is 37.8 Å². The first-order valence-electron chi connectivity index (χ1n) is 8.43. The molecule has 5 nitrogen and oxygen atoms in total. The Morgan fingerprint density at radius 1 is 1.24 bits per heavy atom. The van der Waals surface area contributed by atoms with Gasteiger partial charge < -0.3 is 20.1 Å². The highest BCUT2D eigenvalue weighted by molar-refractivity contribution is 6.35. The number of rotatable bonds is 2. The van der Waals surface area contributed by atoms with Crippen LogP contribution in [0.2, 0.25) is 10.0 Å². The summed E-state index contributed by atoms with van der Waals surface area (Å²) in [5.41, 5.74) is 0.488. The smallest absolute Gasteiger partial charge is 0.317 e. The third-order valence-corrected chi connectivity index (χ3v) is 5.38. The lowest BCUT2D eigenvalue weighted by Gasteiger charge is -2.35. The molecule has 2 amide bonds. The lowest BCUT2D eigenvalue weighted by Crippen LogP contribution is -2.50. The molecule has 1 aliphatic carbocycles. The Labute approximate surface area is 156 Å². The van der Waals surface area contributed by atoms with Crippen molar-refractivity contribution >= 4 is 29.2 Å². The molecule has 2 N–H and O–H groups in total. The van der Waals surface area contributed by atoms with Crippen LogP contribution in [-0.2, 0) is 4.74 Å². The molecule has 1 saturated heterocycles. The highest BCUT2D eigenvalue weighted by Crippen LogP contribution is 2.32. The number of nitrogens with zero attached hydrogens (tertiary/aromatic N) is 1. The Kier molecular flexibility index (Phi) is 6.04. The number of aliphatic hydroxyl groups is 1. The molecule has 1 aromatic carbocycles. The van der Waals surface area contributed by atoms with Gasteiger partial charge in [0, 0.05) is 23.2 Å². The number of ether oxygens (including phenoxy) is 1. The van der Waals surface area contributed by atoms with E-state index < -0.39 is 11.9 Å². The Morgan fingerprint density at radius 2 is 1.96 bits per heavy atom. The Bertz CT molecular complexity index is 639. The number of aliphatic hydroxyl groups excluding tert-OH is 1. The van der Waals surface area contributed by atoms with Crippen molar-refractivity contribution in [2.75, 3.05) is 19.7 Å². The summed E-state index contributed by atoms with van der Waals surface area (Å²) in [6.45, 7) is 1.11. The van der Waals surface area contributed by atoms with E-state index in [1.165, 1.54) is 12.1 Å². The molecular formula is C17H21Cl2FN2O3. The first-order chi connectivity index (χ1) is 11.9. The van der Waals surface area contributed by atoms with Crippen molar-refractivity contribution in [2.45, 2.75) is 43.9 Å². The van der Waals surface area contributed by atoms with Crippen LogP contribution in [0.25, 0.3) is 0 Å². The molecular weight excluding hydrogens is 370 g/mol. The molecule has 0 radical (unpaired) electrons. The molecule has 1 aromatic rings. The maximum absolute atomic E-state index is 13.8. The number of benzene rings is 1. The average Bonchev–Trinajstić information content (AvgIpc) is 2.60. The summed E-state index contributed by atoms with van der Waals surface area (Å²) in [4.78, 5) is 14.2. The minimum Gasteiger partial charge on any atom is -0.393 e. The largest absolute Gasteiger partial charge is 0.393 e. The van der Waals surface area contributed by atoms with Crippen molar-refractivity contribution in [3.8, 4) is 0 Å². The maximum atomic E-state index is 13.8.